The van der Waals surface area contributed by atoms with Crippen LogP contribution in [0.15, 0.2) is 24.4 Å². The van der Waals surface area contributed by atoms with Crippen LogP contribution in [-0.2, 0) is 11.3 Å². The largest absolute Gasteiger partial charge is 0.390 e. The van der Waals surface area contributed by atoms with Crippen LogP contribution in [0.25, 0.3) is 11.0 Å². The van der Waals surface area contributed by atoms with Crippen molar-refractivity contribution in [1.29, 1.82) is 0 Å². The van der Waals surface area contributed by atoms with Crippen LogP contribution < -0.4 is 0 Å². The zero-order valence-electron chi connectivity index (χ0n) is 17.2. The van der Waals surface area contributed by atoms with Gasteiger partial charge in [0.05, 0.1) is 5.60 Å². The molecule has 0 aromatic carbocycles. The van der Waals surface area contributed by atoms with Gasteiger partial charge in [0.15, 0.2) is 0 Å². The van der Waals surface area contributed by atoms with E-state index < -0.39 is 5.60 Å². The van der Waals surface area contributed by atoms with Crippen LogP contribution in [0, 0.1) is 17.3 Å². The molecule has 3 fully saturated rings. The highest BCUT2D eigenvalue weighted by atomic mass is 16.3. The number of nitrogens with zero attached hydrogens (tertiary/aromatic N) is 3. The number of carbonyl (C=O) groups is 1. The summed E-state index contributed by atoms with van der Waals surface area (Å²) in [5.74, 6) is 1.44. The molecule has 0 bridgehead atoms. The quantitative estimate of drug-likeness (QED) is 0.881. The van der Waals surface area contributed by atoms with Gasteiger partial charge in [0.2, 0.25) is 5.91 Å². The van der Waals surface area contributed by atoms with Gasteiger partial charge >= 0.3 is 0 Å². The summed E-state index contributed by atoms with van der Waals surface area (Å²) in [6.07, 6.45) is 5.85. The number of amides is 1. The first-order chi connectivity index (χ1) is 13.2. The zero-order valence-corrected chi connectivity index (χ0v) is 17.2. The third-order valence-corrected chi connectivity index (χ3v) is 7.21. The van der Waals surface area contributed by atoms with Gasteiger partial charge in [0.25, 0.3) is 0 Å². The smallest absolute Gasteiger partial charge is 0.225 e. The highest BCUT2D eigenvalue weighted by Gasteiger charge is 2.55. The van der Waals surface area contributed by atoms with Crippen LogP contribution in [0.2, 0.25) is 0 Å². The Morgan fingerprint density at radius 1 is 1.21 bits per heavy atom. The number of pyridine rings is 1. The molecule has 1 N–H and O–H groups in total. The number of aliphatic hydroxyl groups is 1. The summed E-state index contributed by atoms with van der Waals surface area (Å²) < 4.78 is 2.32. The molecule has 28 heavy (non-hydrogen) atoms. The Hall–Kier alpha value is -1.88. The Morgan fingerprint density at radius 2 is 1.93 bits per heavy atom. The maximum atomic E-state index is 12.5. The van der Waals surface area contributed by atoms with Crippen molar-refractivity contribution in [3.63, 3.8) is 0 Å². The van der Waals surface area contributed by atoms with Gasteiger partial charge in [-0.1, -0.05) is 13.8 Å². The predicted molar refractivity (Wildman–Crippen MR) is 109 cm³/mol. The molecule has 2 aromatic rings. The Balaban J connectivity index is 1.16. The summed E-state index contributed by atoms with van der Waals surface area (Å²) in [7, 11) is 0. The van der Waals surface area contributed by atoms with Crippen molar-refractivity contribution < 1.29 is 9.90 Å². The molecule has 0 unspecified atom stereocenters. The fraction of sp³-hybridized carbons (Fsp3) is 0.652. The number of hydrogen-bond donors (Lipinski definition) is 1. The van der Waals surface area contributed by atoms with E-state index >= 15 is 0 Å². The molecule has 5 nitrogen and oxygen atoms in total. The Bertz CT molecular complexity index is 907. The molecule has 3 aliphatic rings. The average molecular weight is 382 g/mol. The SMILES string of the molecule is CC(C)c1ccc2ccn(CC3CC4(C3)CN(C(=O)C3CC(C)(O)C3)C4)c2n1. The number of fused-ring (bicyclic) bond motifs is 1. The highest BCUT2D eigenvalue weighted by molar-refractivity contribution is 5.81. The second-order valence-electron chi connectivity index (χ2n) is 10.3. The molecule has 0 radical (unpaired) electrons. The molecule has 0 atom stereocenters. The summed E-state index contributed by atoms with van der Waals surface area (Å²) in [4.78, 5) is 19.4. The van der Waals surface area contributed by atoms with E-state index in [0.29, 0.717) is 30.1 Å². The number of rotatable bonds is 4. The molecular formula is C23H31N3O2. The first-order valence-electron chi connectivity index (χ1n) is 10.7. The van der Waals surface area contributed by atoms with E-state index in [1.54, 1.807) is 0 Å². The summed E-state index contributed by atoms with van der Waals surface area (Å²) >= 11 is 0. The van der Waals surface area contributed by atoms with Gasteiger partial charge in [-0.05, 0) is 62.6 Å². The topological polar surface area (TPSA) is 58.4 Å². The molecule has 1 spiro atoms. The highest BCUT2D eigenvalue weighted by Crippen LogP contribution is 2.53. The van der Waals surface area contributed by atoms with Crippen molar-refractivity contribution in [2.45, 2.75) is 64.5 Å². The minimum atomic E-state index is -0.618. The molecule has 5 rings (SSSR count). The zero-order chi connectivity index (χ0) is 19.7. The van der Waals surface area contributed by atoms with E-state index in [2.05, 4.69) is 42.8 Å². The lowest BCUT2D eigenvalue weighted by molar-refractivity contribution is -0.171. The minimum absolute atomic E-state index is 0.0516. The molecule has 3 heterocycles. The monoisotopic (exact) mass is 381 g/mol. The summed E-state index contributed by atoms with van der Waals surface area (Å²) in [6, 6.07) is 6.49. The normalized spacial score (nSPS) is 29.0. The predicted octanol–water partition coefficient (Wildman–Crippen LogP) is 3.56. The van der Waals surface area contributed by atoms with Gasteiger partial charge in [-0.15, -0.1) is 0 Å². The van der Waals surface area contributed by atoms with Crippen LogP contribution in [-0.4, -0.2) is 44.2 Å². The number of aromatic nitrogens is 2. The lowest BCUT2D eigenvalue weighted by Crippen LogP contribution is -2.66. The van der Waals surface area contributed by atoms with Crippen LogP contribution in [0.3, 0.4) is 0 Å². The van der Waals surface area contributed by atoms with E-state index in [4.69, 9.17) is 4.98 Å². The Kier molecular flexibility index (Phi) is 3.93. The van der Waals surface area contributed by atoms with Crippen molar-refractivity contribution in [2.24, 2.45) is 17.3 Å². The molecule has 1 amide bonds. The van der Waals surface area contributed by atoms with Crippen molar-refractivity contribution in [3.8, 4) is 0 Å². The van der Waals surface area contributed by atoms with Gasteiger partial charge < -0.3 is 14.6 Å². The third kappa shape index (κ3) is 2.95. The van der Waals surface area contributed by atoms with Gasteiger partial charge in [0, 0.05) is 48.2 Å². The fourth-order valence-corrected chi connectivity index (χ4v) is 5.73. The third-order valence-electron chi connectivity index (χ3n) is 7.21. The van der Waals surface area contributed by atoms with Crippen molar-refractivity contribution in [3.05, 3.63) is 30.1 Å². The van der Waals surface area contributed by atoms with E-state index in [9.17, 15) is 9.90 Å². The Labute approximate surface area is 166 Å². The van der Waals surface area contributed by atoms with E-state index in [0.717, 1.165) is 31.0 Å². The van der Waals surface area contributed by atoms with E-state index in [-0.39, 0.29) is 11.8 Å². The average Bonchev–Trinajstić information content (AvgIpc) is 2.95. The number of carbonyl (C=O) groups excluding carboxylic acids is 1. The van der Waals surface area contributed by atoms with E-state index in [1.165, 1.54) is 18.2 Å². The van der Waals surface area contributed by atoms with Gasteiger partial charge in [-0.25, -0.2) is 4.98 Å². The molecule has 1 saturated heterocycles. The van der Waals surface area contributed by atoms with Crippen molar-refractivity contribution in [2.75, 3.05) is 13.1 Å². The van der Waals surface area contributed by atoms with Crippen LogP contribution in [0.4, 0.5) is 0 Å². The molecule has 5 heteroatoms. The number of likely N-dealkylation sites (tertiary alicyclic amines) is 1. The maximum absolute atomic E-state index is 12.5. The summed E-state index contributed by atoms with van der Waals surface area (Å²) in [5, 5.41) is 11.1. The van der Waals surface area contributed by atoms with Crippen molar-refractivity contribution in [1.82, 2.24) is 14.5 Å². The first-order valence-corrected chi connectivity index (χ1v) is 10.7. The van der Waals surface area contributed by atoms with Gasteiger partial charge in [0.1, 0.15) is 5.65 Å². The second-order valence-corrected chi connectivity index (χ2v) is 10.3. The van der Waals surface area contributed by atoms with E-state index in [1.807, 2.05) is 11.8 Å². The molecule has 150 valence electrons. The molecule has 2 aromatic heterocycles. The lowest BCUT2D eigenvalue weighted by atomic mass is 9.57. The molecule has 1 aliphatic heterocycles. The molecular weight excluding hydrogens is 350 g/mol. The molecule has 2 saturated carbocycles. The standard InChI is InChI=1S/C23H31N3O2/c1-15(2)19-5-4-17-6-7-25(20(17)24-19)12-16-8-23(9-16)13-26(14-23)21(27)18-10-22(3,28)11-18/h4-7,15-16,18,28H,8-14H2,1-3H3. The first kappa shape index (κ1) is 18.2. The summed E-state index contributed by atoms with van der Waals surface area (Å²) in [6.45, 7) is 9.07. The van der Waals surface area contributed by atoms with Crippen LogP contribution in [0.5, 0.6) is 0 Å². The lowest BCUT2D eigenvalue weighted by Gasteiger charge is -2.60. The van der Waals surface area contributed by atoms with Crippen LogP contribution >= 0.6 is 0 Å². The fourth-order valence-electron chi connectivity index (χ4n) is 5.73. The maximum Gasteiger partial charge on any atom is 0.225 e. The molecule has 2 aliphatic carbocycles. The van der Waals surface area contributed by atoms with Crippen molar-refractivity contribution >= 4 is 16.9 Å². The minimum Gasteiger partial charge on any atom is -0.390 e. The van der Waals surface area contributed by atoms with Gasteiger partial charge in [-0.3, -0.25) is 4.79 Å². The van der Waals surface area contributed by atoms with Gasteiger partial charge in [-0.2, -0.15) is 0 Å². The second kappa shape index (κ2) is 6.06. The number of hydrogen-bond acceptors (Lipinski definition) is 3. The Morgan fingerprint density at radius 3 is 2.57 bits per heavy atom. The van der Waals surface area contributed by atoms with Crippen LogP contribution in [0.1, 0.15) is 58.1 Å². The summed E-state index contributed by atoms with van der Waals surface area (Å²) in [5.41, 5.74) is 2.01.